The fourth-order valence-electron chi connectivity index (χ4n) is 2.61. The number of nitrogens with zero attached hydrogens (tertiary/aromatic N) is 2. The highest BCUT2D eigenvalue weighted by atomic mass is 16.6. The van der Waals surface area contributed by atoms with Crippen molar-refractivity contribution in [2.45, 2.75) is 0 Å². The summed E-state index contributed by atoms with van der Waals surface area (Å²) in [5.74, 6) is -2.04. The van der Waals surface area contributed by atoms with E-state index in [1.165, 1.54) is 17.0 Å². The Hall–Kier alpha value is -3.55. The molecule has 2 amide bonds. The molecule has 0 bridgehead atoms. The fourth-order valence-corrected chi connectivity index (χ4v) is 2.61. The van der Waals surface area contributed by atoms with Crippen molar-refractivity contribution in [3.8, 4) is 0 Å². The van der Waals surface area contributed by atoms with Crippen LogP contribution in [0.1, 0.15) is 15.9 Å². The first kappa shape index (κ1) is 16.3. The number of nitro benzene ring substituents is 1. The molecule has 0 saturated carbocycles. The molecule has 0 unspecified atom stereocenters. The summed E-state index contributed by atoms with van der Waals surface area (Å²) in [6.45, 7) is 0.415. The van der Waals surface area contributed by atoms with Crippen LogP contribution in [0.25, 0.3) is 0 Å². The van der Waals surface area contributed by atoms with Crippen molar-refractivity contribution in [1.29, 1.82) is 0 Å². The molecular formula is C17H13N3O5. The molecule has 0 aromatic heterocycles. The molecule has 1 N–H and O–H groups in total. The Balaban J connectivity index is 2.12. The normalized spacial score (nSPS) is 14.2. The van der Waals surface area contributed by atoms with Crippen LogP contribution in [0.3, 0.4) is 0 Å². The van der Waals surface area contributed by atoms with E-state index in [4.69, 9.17) is 0 Å². The lowest BCUT2D eigenvalue weighted by atomic mass is 10.00. The van der Waals surface area contributed by atoms with Crippen LogP contribution in [0.2, 0.25) is 0 Å². The lowest BCUT2D eigenvalue weighted by Crippen LogP contribution is -2.52. The van der Waals surface area contributed by atoms with Crippen molar-refractivity contribution in [3.05, 3.63) is 69.8 Å². The van der Waals surface area contributed by atoms with E-state index in [1.807, 2.05) is 0 Å². The zero-order valence-corrected chi connectivity index (χ0v) is 13.0. The van der Waals surface area contributed by atoms with Gasteiger partial charge in [-0.25, -0.2) is 0 Å². The van der Waals surface area contributed by atoms with E-state index in [-0.39, 0.29) is 30.0 Å². The number of nitro groups is 1. The molecule has 0 atom stereocenters. The Morgan fingerprint density at radius 1 is 1.12 bits per heavy atom. The number of carbonyl (C=O) groups is 3. The number of ketones is 1. The average Bonchev–Trinajstić information content (AvgIpc) is 2.63. The first-order valence-electron chi connectivity index (χ1n) is 7.47. The number of anilines is 1. The minimum absolute atomic E-state index is 0.00319. The van der Waals surface area contributed by atoms with Gasteiger partial charge < -0.3 is 10.2 Å². The summed E-state index contributed by atoms with van der Waals surface area (Å²) in [4.78, 5) is 48.2. The van der Waals surface area contributed by atoms with Crippen molar-refractivity contribution in [2.24, 2.45) is 0 Å². The van der Waals surface area contributed by atoms with Crippen LogP contribution >= 0.6 is 0 Å². The number of carbonyl (C=O) groups excluding carboxylic acids is 3. The van der Waals surface area contributed by atoms with Crippen molar-refractivity contribution >= 4 is 29.0 Å². The maximum absolute atomic E-state index is 12.8. The molecule has 1 saturated heterocycles. The second-order valence-electron chi connectivity index (χ2n) is 5.37. The molecule has 0 aliphatic carbocycles. The highest BCUT2D eigenvalue weighted by Gasteiger charge is 2.31. The summed E-state index contributed by atoms with van der Waals surface area (Å²) in [5.41, 5.74) is 0.248. The van der Waals surface area contributed by atoms with E-state index in [2.05, 4.69) is 5.32 Å². The smallest absolute Gasteiger partial charge is 0.316 e. The van der Waals surface area contributed by atoms with E-state index in [0.29, 0.717) is 5.56 Å². The van der Waals surface area contributed by atoms with E-state index < -0.39 is 22.5 Å². The van der Waals surface area contributed by atoms with E-state index in [9.17, 15) is 24.5 Å². The van der Waals surface area contributed by atoms with Gasteiger partial charge in [-0.15, -0.1) is 0 Å². The fraction of sp³-hybridized carbons (Fsp3) is 0.118. The molecule has 1 fully saturated rings. The highest BCUT2D eigenvalue weighted by Crippen LogP contribution is 2.28. The Kier molecular flexibility index (Phi) is 4.25. The van der Waals surface area contributed by atoms with Crippen molar-refractivity contribution in [2.75, 3.05) is 18.0 Å². The summed E-state index contributed by atoms with van der Waals surface area (Å²) in [6, 6.07) is 11.9. The predicted molar refractivity (Wildman–Crippen MR) is 88.3 cm³/mol. The van der Waals surface area contributed by atoms with Gasteiger partial charge in [-0.2, -0.15) is 0 Å². The molecule has 1 aliphatic rings. The zero-order chi connectivity index (χ0) is 18.0. The molecule has 126 valence electrons. The van der Waals surface area contributed by atoms with Gasteiger partial charge in [0.1, 0.15) is 0 Å². The molecule has 25 heavy (non-hydrogen) atoms. The van der Waals surface area contributed by atoms with Crippen LogP contribution in [0, 0.1) is 10.1 Å². The van der Waals surface area contributed by atoms with Crippen molar-refractivity contribution in [1.82, 2.24) is 5.32 Å². The van der Waals surface area contributed by atoms with Gasteiger partial charge in [-0.05, 0) is 6.07 Å². The molecular weight excluding hydrogens is 326 g/mol. The number of amides is 2. The highest BCUT2D eigenvalue weighted by molar-refractivity contribution is 6.41. The number of hydrogen-bond donors (Lipinski definition) is 1. The van der Waals surface area contributed by atoms with Crippen LogP contribution in [0.15, 0.2) is 48.5 Å². The third kappa shape index (κ3) is 3.09. The summed E-state index contributed by atoms with van der Waals surface area (Å²) >= 11 is 0. The van der Waals surface area contributed by atoms with Gasteiger partial charge in [0.15, 0.2) is 5.78 Å². The number of rotatable bonds is 4. The number of nitrogens with one attached hydrogen (secondary N) is 1. The van der Waals surface area contributed by atoms with Gasteiger partial charge in [-0.1, -0.05) is 30.3 Å². The maximum atomic E-state index is 12.8. The quantitative estimate of drug-likeness (QED) is 0.391. The van der Waals surface area contributed by atoms with Gasteiger partial charge in [-0.3, -0.25) is 24.5 Å². The molecule has 8 nitrogen and oxygen atoms in total. The summed E-state index contributed by atoms with van der Waals surface area (Å²) in [5, 5.41) is 13.5. The Labute approximate surface area is 142 Å². The molecule has 2 aromatic carbocycles. The Morgan fingerprint density at radius 3 is 2.52 bits per heavy atom. The first-order chi connectivity index (χ1) is 12.0. The van der Waals surface area contributed by atoms with Gasteiger partial charge in [0, 0.05) is 30.8 Å². The second-order valence-corrected chi connectivity index (χ2v) is 5.37. The van der Waals surface area contributed by atoms with E-state index in [1.54, 1.807) is 30.3 Å². The van der Waals surface area contributed by atoms with Crippen LogP contribution < -0.4 is 10.2 Å². The third-order valence-corrected chi connectivity index (χ3v) is 3.82. The topological polar surface area (TPSA) is 110 Å². The van der Waals surface area contributed by atoms with Gasteiger partial charge in [0.2, 0.25) is 0 Å². The summed E-state index contributed by atoms with van der Waals surface area (Å²) in [6.07, 6.45) is 0. The van der Waals surface area contributed by atoms with Crippen molar-refractivity contribution in [3.63, 3.8) is 0 Å². The van der Waals surface area contributed by atoms with Crippen LogP contribution in [0.5, 0.6) is 0 Å². The molecule has 0 spiro atoms. The maximum Gasteiger partial charge on any atom is 0.316 e. The van der Waals surface area contributed by atoms with E-state index >= 15 is 0 Å². The monoisotopic (exact) mass is 339 g/mol. The Morgan fingerprint density at radius 2 is 1.84 bits per heavy atom. The zero-order valence-electron chi connectivity index (χ0n) is 13.0. The van der Waals surface area contributed by atoms with E-state index in [0.717, 1.165) is 6.07 Å². The van der Waals surface area contributed by atoms with Gasteiger partial charge >= 0.3 is 11.8 Å². The molecule has 8 heteroatoms. The van der Waals surface area contributed by atoms with Crippen molar-refractivity contribution < 1.29 is 19.3 Å². The minimum atomic E-state index is -0.804. The molecule has 0 radical (unpaired) electrons. The van der Waals surface area contributed by atoms with Crippen LogP contribution in [-0.4, -0.2) is 35.6 Å². The standard InChI is InChI=1S/C17H13N3O5/c21-15(11-4-2-1-3-5-11)13-10-12(20(24)25)6-7-14(13)19-9-8-18-16(22)17(19)23/h1-7,10H,8-9H2,(H,18,22). The molecule has 1 heterocycles. The largest absolute Gasteiger partial charge is 0.346 e. The molecule has 2 aromatic rings. The number of piperazine rings is 1. The Bertz CT molecular complexity index is 879. The average molecular weight is 339 g/mol. The molecule has 1 aliphatic heterocycles. The van der Waals surface area contributed by atoms with Crippen LogP contribution in [-0.2, 0) is 9.59 Å². The predicted octanol–water partition coefficient (Wildman–Crippen LogP) is 1.29. The minimum Gasteiger partial charge on any atom is -0.346 e. The van der Waals surface area contributed by atoms with Gasteiger partial charge in [0.25, 0.3) is 5.69 Å². The summed E-state index contributed by atoms with van der Waals surface area (Å²) < 4.78 is 0. The lowest BCUT2D eigenvalue weighted by molar-refractivity contribution is -0.384. The number of non-ortho nitro benzene ring substituents is 1. The summed E-state index contributed by atoms with van der Waals surface area (Å²) in [7, 11) is 0. The number of benzene rings is 2. The van der Waals surface area contributed by atoms with Gasteiger partial charge in [0.05, 0.1) is 16.2 Å². The lowest BCUT2D eigenvalue weighted by Gasteiger charge is -2.28. The SMILES string of the molecule is O=C1NCCN(c2ccc([N+](=O)[O-])cc2C(=O)c2ccccc2)C1=O. The molecule has 3 rings (SSSR count). The third-order valence-electron chi connectivity index (χ3n) is 3.82. The second kappa shape index (κ2) is 6.52. The number of hydrogen-bond acceptors (Lipinski definition) is 5. The van der Waals surface area contributed by atoms with Crippen LogP contribution in [0.4, 0.5) is 11.4 Å². The first-order valence-corrected chi connectivity index (χ1v) is 7.47.